The van der Waals surface area contributed by atoms with Crippen LogP contribution in [0.25, 0.3) is 0 Å². The van der Waals surface area contributed by atoms with Gasteiger partial charge in [0.25, 0.3) is 0 Å². The number of anilines is 3. The molecular formula is C24H33N3. The van der Waals surface area contributed by atoms with E-state index in [1.165, 1.54) is 22.3 Å². The highest BCUT2D eigenvalue weighted by molar-refractivity contribution is 5.48. The molecule has 0 aliphatic rings. The lowest BCUT2D eigenvalue weighted by Gasteiger charge is -1.98. The lowest BCUT2D eigenvalue weighted by molar-refractivity contribution is 1.39. The van der Waals surface area contributed by atoms with Gasteiger partial charge in [-0.1, -0.05) is 35.9 Å². The van der Waals surface area contributed by atoms with Crippen LogP contribution in [0.15, 0.2) is 54.6 Å². The van der Waals surface area contributed by atoms with E-state index in [4.69, 9.17) is 17.2 Å². The average Bonchev–Trinajstić information content (AvgIpc) is 2.55. The van der Waals surface area contributed by atoms with E-state index in [-0.39, 0.29) is 0 Å². The number of hydrogen-bond acceptors (Lipinski definition) is 3. The van der Waals surface area contributed by atoms with Gasteiger partial charge in [-0.25, -0.2) is 0 Å². The Bertz CT molecular complexity index is 783. The fraction of sp³-hybridized carbons (Fsp3) is 0.250. The third kappa shape index (κ3) is 8.32. The molecule has 3 nitrogen and oxygen atoms in total. The molecule has 3 aromatic carbocycles. The monoisotopic (exact) mass is 363 g/mol. The fourth-order valence-electron chi connectivity index (χ4n) is 2.60. The van der Waals surface area contributed by atoms with Gasteiger partial charge in [-0.15, -0.1) is 0 Å². The van der Waals surface area contributed by atoms with E-state index in [0.717, 1.165) is 28.2 Å². The summed E-state index contributed by atoms with van der Waals surface area (Å²) in [6.45, 7) is 12.2. The Kier molecular flexibility index (Phi) is 8.40. The first-order chi connectivity index (χ1) is 12.6. The van der Waals surface area contributed by atoms with Gasteiger partial charge in [-0.05, 0) is 93.6 Å². The Balaban J connectivity index is 0.000000202. The van der Waals surface area contributed by atoms with Crippen LogP contribution in [0, 0.1) is 41.5 Å². The molecular weight excluding hydrogens is 330 g/mol. The maximum absolute atomic E-state index is 5.62. The molecule has 6 N–H and O–H groups in total. The molecule has 0 spiro atoms. The van der Waals surface area contributed by atoms with Crippen LogP contribution in [-0.4, -0.2) is 0 Å². The summed E-state index contributed by atoms with van der Waals surface area (Å²) < 4.78 is 0. The van der Waals surface area contributed by atoms with Crippen molar-refractivity contribution >= 4 is 17.1 Å². The molecule has 0 atom stereocenters. The van der Waals surface area contributed by atoms with E-state index in [2.05, 4.69) is 25.1 Å². The van der Waals surface area contributed by atoms with E-state index in [1.807, 2.05) is 71.0 Å². The Labute approximate surface area is 164 Å². The first-order valence-electron chi connectivity index (χ1n) is 9.07. The van der Waals surface area contributed by atoms with Gasteiger partial charge in [0.05, 0.1) is 0 Å². The molecule has 0 saturated carbocycles. The Morgan fingerprint density at radius 3 is 1.37 bits per heavy atom. The number of aryl methyl sites for hydroxylation is 6. The van der Waals surface area contributed by atoms with Crippen molar-refractivity contribution in [1.29, 1.82) is 0 Å². The summed E-state index contributed by atoms with van der Waals surface area (Å²) in [5.74, 6) is 0. The number of benzene rings is 3. The van der Waals surface area contributed by atoms with Crippen LogP contribution in [0.1, 0.15) is 33.4 Å². The maximum Gasteiger partial charge on any atom is 0.0346 e. The van der Waals surface area contributed by atoms with Crippen LogP contribution in [-0.2, 0) is 0 Å². The second-order valence-electron chi connectivity index (χ2n) is 7.14. The average molecular weight is 364 g/mol. The molecule has 27 heavy (non-hydrogen) atoms. The van der Waals surface area contributed by atoms with E-state index < -0.39 is 0 Å². The predicted molar refractivity (Wildman–Crippen MR) is 121 cm³/mol. The summed E-state index contributed by atoms with van der Waals surface area (Å²) in [6, 6.07) is 18.1. The van der Waals surface area contributed by atoms with E-state index in [0.29, 0.717) is 0 Å². The van der Waals surface area contributed by atoms with Crippen molar-refractivity contribution < 1.29 is 0 Å². The normalized spacial score (nSPS) is 9.56. The summed E-state index contributed by atoms with van der Waals surface area (Å²) in [5.41, 5.74) is 26.6. The molecule has 0 saturated heterocycles. The second kappa shape index (κ2) is 10.3. The summed E-state index contributed by atoms with van der Waals surface area (Å²) in [5, 5.41) is 0. The minimum absolute atomic E-state index is 0.854. The van der Waals surface area contributed by atoms with Crippen molar-refractivity contribution in [2.45, 2.75) is 41.5 Å². The highest BCUT2D eigenvalue weighted by Gasteiger charge is 1.90. The van der Waals surface area contributed by atoms with Gasteiger partial charge in [-0.2, -0.15) is 0 Å². The molecule has 0 unspecified atom stereocenters. The van der Waals surface area contributed by atoms with Gasteiger partial charge in [-0.3, -0.25) is 0 Å². The third-order valence-corrected chi connectivity index (χ3v) is 4.10. The summed E-state index contributed by atoms with van der Waals surface area (Å²) in [7, 11) is 0. The number of nitrogens with two attached hydrogens (primary N) is 3. The smallest absolute Gasteiger partial charge is 0.0346 e. The van der Waals surface area contributed by atoms with Crippen LogP contribution >= 0.6 is 0 Å². The van der Waals surface area contributed by atoms with Crippen LogP contribution in [0.3, 0.4) is 0 Å². The number of rotatable bonds is 0. The minimum Gasteiger partial charge on any atom is -0.399 e. The van der Waals surface area contributed by atoms with E-state index >= 15 is 0 Å². The van der Waals surface area contributed by atoms with Crippen molar-refractivity contribution in [1.82, 2.24) is 0 Å². The molecule has 0 bridgehead atoms. The molecule has 144 valence electrons. The first-order valence-corrected chi connectivity index (χ1v) is 9.07. The summed E-state index contributed by atoms with van der Waals surface area (Å²) in [4.78, 5) is 0. The zero-order valence-electron chi connectivity index (χ0n) is 17.4. The molecule has 0 aromatic heterocycles. The van der Waals surface area contributed by atoms with Crippen LogP contribution in [0.2, 0.25) is 0 Å². The van der Waals surface area contributed by atoms with Gasteiger partial charge in [0.1, 0.15) is 0 Å². The highest BCUT2D eigenvalue weighted by Crippen LogP contribution is 2.12. The Morgan fingerprint density at radius 2 is 0.963 bits per heavy atom. The van der Waals surface area contributed by atoms with Crippen LogP contribution in [0.4, 0.5) is 17.1 Å². The van der Waals surface area contributed by atoms with Crippen LogP contribution < -0.4 is 17.2 Å². The number of hydrogen-bond donors (Lipinski definition) is 3. The Hall–Kier alpha value is -2.94. The van der Waals surface area contributed by atoms with Crippen molar-refractivity contribution in [2.24, 2.45) is 0 Å². The molecule has 3 aromatic rings. The Morgan fingerprint density at radius 1 is 0.444 bits per heavy atom. The number of nitrogen functional groups attached to an aromatic ring is 3. The third-order valence-electron chi connectivity index (χ3n) is 4.10. The largest absolute Gasteiger partial charge is 0.399 e. The summed E-state index contributed by atoms with van der Waals surface area (Å²) in [6.07, 6.45) is 0. The highest BCUT2D eigenvalue weighted by atomic mass is 14.6. The quantitative estimate of drug-likeness (QED) is 0.451. The van der Waals surface area contributed by atoms with Crippen molar-refractivity contribution in [2.75, 3.05) is 17.2 Å². The topological polar surface area (TPSA) is 78.1 Å². The zero-order valence-corrected chi connectivity index (χ0v) is 17.4. The van der Waals surface area contributed by atoms with Gasteiger partial charge in [0.15, 0.2) is 0 Å². The van der Waals surface area contributed by atoms with Crippen molar-refractivity contribution in [3.63, 3.8) is 0 Å². The second-order valence-corrected chi connectivity index (χ2v) is 7.14. The molecule has 3 heteroatoms. The molecule has 3 rings (SSSR count). The van der Waals surface area contributed by atoms with Gasteiger partial charge in [0.2, 0.25) is 0 Å². The minimum atomic E-state index is 0.854. The molecule has 0 heterocycles. The maximum atomic E-state index is 5.62. The van der Waals surface area contributed by atoms with Crippen molar-refractivity contribution in [3.8, 4) is 0 Å². The standard InChI is InChI=1S/3C8H11N/c1-6-3-7(2)5-8(9)4-6;1-6-3-4-8(9)7(2)5-6;1-6-3-4-7(2)8(9)5-6/h3*3-5H,9H2,1-2H3. The molecule has 0 aliphatic heterocycles. The molecule has 0 aliphatic carbocycles. The van der Waals surface area contributed by atoms with Crippen LogP contribution in [0.5, 0.6) is 0 Å². The van der Waals surface area contributed by atoms with E-state index in [9.17, 15) is 0 Å². The SMILES string of the molecule is Cc1cc(C)cc(N)c1.Cc1ccc(C)c(N)c1.Cc1ccc(N)c(C)c1. The molecule has 0 amide bonds. The fourth-order valence-corrected chi connectivity index (χ4v) is 2.60. The van der Waals surface area contributed by atoms with Gasteiger partial charge in [0, 0.05) is 17.1 Å². The van der Waals surface area contributed by atoms with Gasteiger partial charge >= 0.3 is 0 Å². The van der Waals surface area contributed by atoms with Gasteiger partial charge < -0.3 is 17.2 Å². The molecule has 0 fully saturated rings. The lowest BCUT2D eigenvalue weighted by atomic mass is 10.1. The first kappa shape index (κ1) is 22.1. The van der Waals surface area contributed by atoms with Crippen molar-refractivity contribution in [3.05, 3.63) is 88.0 Å². The predicted octanol–water partition coefficient (Wildman–Crippen LogP) is 5.66. The lowest BCUT2D eigenvalue weighted by Crippen LogP contribution is -1.88. The van der Waals surface area contributed by atoms with E-state index in [1.54, 1.807) is 0 Å². The molecule has 0 radical (unpaired) electrons. The zero-order chi connectivity index (χ0) is 20.6. The summed E-state index contributed by atoms with van der Waals surface area (Å²) >= 11 is 0.